The number of pyridine rings is 1. The van der Waals surface area contributed by atoms with E-state index in [0.717, 1.165) is 34.4 Å². The van der Waals surface area contributed by atoms with Crippen LogP contribution in [0.2, 0.25) is 5.02 Å². The number of hydrogen-bond donors (Lipinski definition) is 1. The molecule has 0 amide bonds. The lowest BCUT2D eigenvalue weighted by Gasteiger charge is -2.15. The third kappa shape index (κ3) is 4.19. The van der Waals surface area contributed by atoms with E-state index in [0.29, 0.717) is 16.7 Å². The van der Waals surface area contributed by atoms with E-state index in [1.165, 1.54) is 0 Å². The number of nitrogens with zero attached hydrogens (tertiary/aromatic N) is 1. The maximum Gasteiger partial charge on any atom is 0.224 e. The van der Waals surface area contributed by atoms with Crippen LogP contribution in [0.15, 0.2) is 28.7 Å². The maximum atomic E-state index is 6.22. The summed E-state index contributed by atoms with van der Waals surface area (Å²) in [4.78, 5) is 4.51. The Balaban J connectivity index is 2.37. The van der Waals surface area contributed by atoms with Gasteiger partial charge in [-0.1, -0.05) is 34.5 Å². The lowest BCUT2D eigenvalue weighted by atomic mass is 10.1. The van der Waals surface area contributed by atoms with Gasteiger partial charge in [-0.3, -0.25) is 0 Å². The Morgan fingerprint density at radius 1 is 1.29 bits per heavy atom. The molecule has 0 atom stereocenters. The lowest BCUT2D eigenvalue weighted by molar-refractivity contribution is 0.451. The molecule has 0 radical (unpaired) electrons. The molecular weight excluding hydrogens is 352 g/mol. The molecule has 2 aromatic rings. The lowest BCUT2D eigenvalue weighted by Crippen LogP contribution is -2.14. The molecule has 3 nitrogen and oxygen atoms in total. The number of nitrogens with one attached hydrogen (secondary N) is 1. The summed E-state index contributed by atoms with van der Waals surface area (Å²) in [6, 6.07) is 7.60. The summed E-state index contributed by atoms with van der Waals surface area (Å²) < 4.78 is 6.87. The summed E-state index contributed by atoms with van der Waals surface area (Å²) >= 11 is 9.61. The van der Waals surface area contributed by atoms with Gasteiger partial charge in [0.15, 0.2) is 0 Å². The topological polar surface area (TPSA) is 34.2 Å². The molecule has 1 N–H and O–H groups in total. The van der Waals surface area contributed by atoms with Gasteiger partial charge >= 0.3 is 0 Å². The van der Waals surface area contributed by atoms with Crippen molar-refractivity contribution in [3.63, 3.8) is 0 Å². The van der Waals surface area contributed by atoms with Gasteiger partial charge in [0.1, 0.15) is 5.75 Å². The Hall–Kier alpha value is -1.10. The number of aromatic nitrogens is 1. The smallest absolute Gasteiger partial charge is 0.224 e. The third-order valence-corrected chi connectivity index (χ3v) is 3.88. The fourth-order valence-corrected chi connectivity index (χ4v) is 2.75. The quantitative estimate of drug-likeness (QED) is 0.804. The van der Waals surface area contributed by atoms with E-state index < -0.39 is 0 Å². The number of halogens is 2. The van der Waals surface area contributed by atoms with Crippen LogP contribution in [0.5, 0.6) is 11.6 Å². The first kappa shape index (κ1) is 16.3. The summed E-state index contributed by atoms with van der Waals surface area (Å²) in [5, 5.41) is 3.87. The highest BCUT2D eigenvalue weighted by Gasteiger charge is 2.12. The molecule has 0 saturated heterocycles. The van der Waals surface area contributed by atoms with Crippen LogP contribution < -0.4 is 10.1 Å². The molecule has 0 aliphatic carbocycles. The van der Waals surface area contributed by atoms with Crippen molar-refractivity contribution < 1.29 is 4.74 Å². The van der Waals surface area contributed by atoms with Crippen molar-refractivity contribution in [3.05, 3.63) is 50.6 Å². The van der Waals surface area contributed by atoms with Crippen molar-refractivity contribution in [2.24, 2.45) is 0 Å². The Labute approximate surface area is 138 Å². The largest absolute Gasteiger partial charge is 0.437 e. The van der Waals surface area contributed by atoms with Gasteiger partial charge in [-0.2, -0.15) is 0 Å². The van der Waals surface area contributed by atoms with Crippen molar-refractivity contribution in [2.75, 3.05) is 6.54 Å². The fourth-order valence-electron chi connectivity index (χ4n) is 2.04. The number of benzene rings is 1. The fraction of sp³-hybridized carbons (Fsp3) is 0.312. The minimum Gasteiger partial charge on any atom is -0.437 e. The van der Waals surface area contributed by atoms with Crippen LogP contribution in [0.3, 0.4) is 0 Å². The molecular formula is C16H18BrClN2O. The number of aryl methyl sites for hydroxylation is 2. The number of rotatable bonds is 5. The monoisotopic (exact) mass is 368 g/mol. The SMILES string of the molecule is CCNCc1c(C)cc(C)nc1Oc1ccc(Br)cc1Cl. The average Bonchev–Trinajstić information content (AvgIpc) is 2.41. The summed E-state index contributed by atoms with van der Waals surface area (Å²) in [6.45, 7) is 7.71. The van der Waals surface area contributed by atoms with Gasteiger partial charge in [0.2, 0.25) is 5.88 Å². The Bertz CT molecular complexity index is 646. The molecule has 0 aliphatic rings. The zero-order valence-electron chi connectivity index (χ0n) is 12.3. The van der Waals surface area contributed by atoms with Crippen LogP contribution in [-0.2, 0) is 6.54 Å². The molecule has 1 heterocycles. The van der Waals surface area contributed by atoms with E-state index in [4.69, 9.17) is 16.3 Å². The molecule has 112 valence electrons. The standard InChI is InChI=1S/C16H18BrClN2O/c1-4-19-9-13-10(2)7-11(3)20-16(13)21-15-6-5-12(17)8-14(15)18/h5-8,19H,4,9H2,1-3H3. The molecule has 0 unspecified atom stereocenters. The maximum absolute atomic E-state index is 6.22. The predicted octanol–water partition coefficient (Wildman–Crippen LogP) is 5.02. The zero-order chi connectivity index (χ0) is 15.4. The summed E-state index contributed by atoms with van der Waals surface area (Å²) in [6.07, 6.45) is 0. The van der Waals surface area contributed by atoms with Crippen molar-refractivity contribution in [3.8, 4) is 11.6 Å². The van der Waals surface area contributed by atoms with E-state index in [2.05, 4.69) is 46.1 Å². The van der Waals surface area contributed by atoms with E-state index in [1.807, 2.05) is 25.1 Å². The molecule has 0 saturated carbocycles. The van der Waals surface area contributed by atoms with E-state index in [-0.39, 0.29) is 0 Å². The zero-order valence-corrected chi connectivity index (χ0v) is 14.7. The van der Waals surface area contributed by atoms with Crippen LogP contribution in [-0.4, -0.2) is 11.5 Å². The third-order valence-electron chi connectivity index (χ3n) is 3.09. The number of hydrogen-bond acceptors (Lipinski definition) is 3. The molecule has 21 heavy (non-hydrogen) atoms. The highest BCUT2D eigenvalue weighted by atomic mass is 79.9. The molecule has 0 bridgehead atoms. The minimum atomic E-state index is 0.555. The second-order valence-electron chi connectivity index (χ2n) is 4.82. The van der Waals surface area contributed by atoms with Crippen LogP contribution in [0.25, 0.3) is 0 Å². The van der Waals surface area contributed by atoms with Crippen molar-refractivity contribution in [1.82, 2.24) is 10.3 Å². The van der Waals surface area contributed by atoms with Crippen LogP contribution in [0.4, 0.5) is 0 Å². The molecule has 1 aromatic heterocycles. The van der Waals surface area contributed by atoms with E-state index in [1.54, 1.807) is 0 Å². The van der Waals surface area contributed by atoms with Gasteiger partial charge in [0, 0.05) is 22.3 Å². The van der Waals surface area contributed by atoms with Crippen LogP contribution >= 0.6 is 27.5 Å². The Morgan fingerprint density at radius 3 is 2.71 bits per heavy atom. The molecule has 0 aliphatic heterocycles. The highest BCUT2D eigenvalue weighted by Crippen LogP contribution is 2.33. The second-order valence-corrected chi connectivity index (χ2v) is 6.14. The van der Waals surface area contributed by atoms with Crippen LogP contribution in [0, 0.1) is 13.8 Å². The normalized spacial score (nSPS) is 10.7. The molecule has 5 heteroatoms. The summed E-state index contributed by atoms with van der Waals surface area (Å²) in [7, 11) is 0. The average molecular weight is 370 g/mol. The Kier molecular flexibility index (Phi) is 5.62. The molecule has 1 aromatic carbocycles. The molecule has 0 spiro atoms. The van der Waals surface area contributed by atoms with Gasteiger partial charge in [-0.25, -0.2) is 4.98 Å². The summed E-state index contributed by atoms with van der Waals surface area (Å²) in [5.74, 6) is 1.22. The first-order valence-corrected chi connectivity index (χ1v) is 7.99. The van der Waals surface area contributed by atoms with Gasteiger partial charge in [0.25, 0.3) is 0 Å². The van der Waals surface area contributed by atoms with Gasteiger partial charge < -0.3 is 10.1 Å². The highest BCUT2D eigenvalue weighted by molar-refractivity contribution is 9.10. The number of ether oxygens (including phenoxy) is 1. The van der Waals surface area contributed by atoms with Gasteiger partial charge in [-0.05, 0) is 50.2 Å². The van der Waals surface area contributed by atoms with E-state index in [9.17, 15) is 0 Å². The van der Waals surface area contributed by atoms with Crippen LogP contribution in [0.1, 0.15) is 23.7 Å². The molecule has 2 rings (SSSR count). The van der Waals surface area contributed by atoms with Gasteiger partial charge in [-0.15, -0.1) is 0 Å². The predicted molar refractivity (Wildman–Crippen MR) is 90.3 cm³/mol. The summed E-state index contributed by atoms with van der Waals surface area (Å²) in [5.41, 5.74) is 3.14. The molecule has 0 fully saturated rings. The van der Waals surface area contributed by atoms with Crippen molar-refractivity contribution in [1.29, 1.82) is 0 Å². The first-order chi connectivity index (χ1) is 10.0. The van der Waals surface area contributed by atoms with Crippen molar-refractivity contribution in [2.45, 2.75) is 27.3 Å². The second kappa shape index (κ2) is 7.25. The Morgan fingerprint density at radius 2 is 2.05 bits per heavy atom. The van der Waals surface area contributed by atoms with Gasteiger partial charge in [0.05, 0.1) is 5.02 Å². The van der Waals surface area contributed by atoms with Crippen molar-refractivity contribution >= 4 is 27.5 Å². The first-order valence-electron chi connectivity index (χ1n) is 6.82. The minimum absolute atomic E-state index is 0.555. The van der Waals surface area contributed by atoms with E-state index >= 15 is 0 Å².